The number of ether oxygens (including phenoxy) is 3. The number of benzene rings is 1. The summed E-state index contributed by atoms with van der Waals surface area (Å²) in [5, 5.41) is 7.47. The summed E-state index contributed by atoms with van der Waals surface area (Å²) in [5.74, 6) is -1.42. The molecule has 0 saturated carbocycles. The van der Waals surface area contributed by atoms with E-state index in [0.717, 1.165) is 12.8 Å². The lowest BCUT2D eigenvalue weighted by molar-refractivity contribution is -0.211. The lowest BCUT2D eigenvalue weighted by Gasteiger charge is -2.39. The van der Waals surface area contributed by atoms with E-state index in [-0.39, 0.29) is 36.0 Å². The summed E-state index contributed by atoms with van der Waals surface area (Å²) < 4.78 is 17.4. The monoisotopic (exact) mass is 572 g/mol. The lowest BCUT2D eigenvalue weighted by Crippen LogP contribution is -2.49. The Morgan fingerprint density at radius 3 is 2.17 bits per heavy atom. The Hall–Kier alpha value is -3.47. The van der Waals surface area contributed by atoms with Crippen LogP contribution in [0, 0.1) is 17.2 Å². The second-order valence-corrected chi connectivity index (χ2v) is 12.0. The molecule has 41 heavy (non-hydrogen) atoms. The van der Waals surface area contributed by atoms with Gasteiger partial charge in [-0.15, -0.1) is 0 Å². The molecule has 2 saturated heterocycles. The van der Waals surface area contributed by atoms with Crippen LogP contribution in [0.3, 0.4) is 0 Å². The molecule has 2 fully saturated rings. The zero-order valence-corrected chi connectivity index (χ0v) is 24.8. The largest absolute Gasteiger partial charge is 0.444 e. The predicted octanol–water partition coefficient (Wildman–Crippen LogP) is 3.72. The molecule has 3 atom stereocenters. The van der Waals surface area contributed by atoms with Crippen molar-refractivity contribution in [2.45, 2.75) is 84.7 Å². The Kier molecular flexibility index (Phi) is 10.9. The van der Waals surface area contributed by atoms with Crippen LogP contribution < -0.4 is 5.73 Å². The van der Waals surface area contributed by atoms with Gasteiger partial charge in [0.2, 0.25) is 12.2 Å². The molecule has 11 nitrogen and oxygen atoms in total. The minimum atomic E-state index is -0.795. The molecule has 0 aromatic heterocycles. The fourth-order valence-corrected chi connectivity index (χ4v) is 5.16. The molecule has 3 rings (SSSR count). The summed E-state index contributed by atoms with van der Waals surface area (Å²) in [7, 11) is 0. The van der Waals surface area contributed by atoms with Crippen LogP contribution >= 0.6 is 0 Å². The van der Waals surface area contributed by atoms with Gasteiger partial charge in [0.15, 0.2) is 5.78 Å². The third kappa shape index (κ3) is 9.55. The van der Waals surface area contributed by atoms with Crippen molar-refractivity contribution >= 4 is 29.6 Å². The summed E-state index contributed by atoms with van der Waals surface area (Å²) >= 11 is 0. The SMILES string of the molecule is CC(=O)O[C@H](OC1CCN(C(=O)[C@H](C)CC(=O)c2ccc(C(=N)N)cc2)CC1)[C@@H]1CCCN(C(=O)OC(C)(C)C)C1. The molecule has 0 spiro atoms. The average Bonchev–Trinajstić information content (AvgIpc) is 2.91. The highest BCUT2D eigenvalue weighted by Gasteiger charge is 2.36. The Balaban J connectivity index is 1.52. The highest BCUT2D eigenvalue weighted by molar-refractivity contribution is 6.00. The summed E-state index contributed by atoms with van der Waals surface area (Å²) in [4.78, 5) is 53.7. The summed E-state index contributed by atoms with van der Waals surface area (Å²) in [5.41, 5.74) is 5.88. The number of esters is 1. The Morgan fingerprint density at radius 2 is 1.61 bits per heavy atom. The number of Topliss-reactive ketones (excluding diaryl/α,β-unsaturated/α-hetero) is 1. The first kappa shape index (κ1) is 32.0. The van der Waals surface area contributed by atoms with Crippen molar-refractivity contribution < 1.29 is 33.4 Å². The maximum Gasteiger partial charge on any atom is 0.410 e. The molecule has 2 aliphatic heterocycles. The summed E-state index contributed by atoms with van der Waals surface area (Å²) in [6, 6.07) is 6.49. The van der Waals surface area contributed by atoms with Gasteiger partial charge in [-0.05, 0) is 46.5 Å². The second kappa shape index (κ2) is 13.9. The second-order valence-electron chi connectivity index (χ2n) is 12.0. The van der Waals surface area contributed by atoms with E-state index in [1.165, 1.54) is 6.92 Å². The zero-order chi connectivity index (χ0) is 30.3. The Labute approximate surface area is 242 Å². The molecule has 0 bridgehead atoms. The van der Waals surface area contributed by atoms with Crippen LogP contribution in [0.5, 0.6) is 0 Å². The fraction of sp³-hybridized carbons (Fsp3) is 0.633. The highest BCUT2D eigenvalue weighted by Crippen LogP contribution is 2.28. The van der Waals surface area contributed by atoms with Crippen LogP contribution in [0.4, 0.5) is 4.79 Å². The number of amidine groups is 1. The standard InChI is InChI=1S/C30H44N4O7/c1-19(17-25(36)21-8-10-22(11-9-21)26(31)32)27(37)33-15-12-24(13-16-33)40-28(39-20(2)35)23-7-6-14-34(18-23)29(38)41-30(3,4)5/h8-11,19,23-24,28H,6-7,12-18H2,1-5H3,(H3,31,32)/t19-,23-,28-/m1/s1. The van der Waals surface area contributed by atoms with Gasteiger partial charge < -0.3 is 29.7 Å². The maximum atomic E-state index is 13.1. The van der Waals surface area contributed by atoms with Gasteiger partial charge in [-0.2, -0.15) is 0 Å². The number of rotatable bonds is 9. The molecule has 0 radical (unpaired) electrons. The van der Waals surface area contributed by atoms with E-state index in [0.29, 0.717) is 50.1 Å². The molecule has 2 aliphatic rings. The smallest absolute Gasteiger partial charge is 0.410 e. The first-order valence-electron chi connectivity index (χ1n) is 14.3. The Morgan fingerprint density at radius 1 is 1.00 bits per heavy atom. The van der Waals surface area contributed by atoms with Crippen LogP contribution in [-0.2, 0) is 23.8 Å². The molecule has 11 heteroatoms. The molecular weight excluding hydrogens is 528 g/mol. The summed E-state index contributed by atoms with van der Waals surface area (Å²) in [6.07, 6.45) is 1.31. The van der Waals surface area contributed by atoms with Crippen molar-refractivity contribution in [1.29, 1.82) is 5.41 Å². The molecule has 2 amide bonds. The third-order valence-electron chi connectivity index (χ3n) is 7.29. The molecule has 3 N–H and O–H groups in total. The van der Waals surface area contributed by atoms with Crippen LogP contribution in [-0.4, -0.2) is 83.6 Å². The highest BCUT2D eigenvalue weighted by atomic mass is 16.7. The van der Waals surface area contributed by atoms with Crippen molar-refractivity contribution in [1.82, 2.24) is 9.80 Å². The minimum Gasteiger partial charge on any atom is -0.444 e. The van der Waals surface area contributed by atoms with Crippen molar-refractivity contribution in [3.05, 3.63) is 35.4 Å². The van der Waals surface area contributed by atoms with Crippen molar-refractivity contribution in [3.8, 4) is 0 Å². The first-order chi connectivity index (χ1) is 19.2. The number of ketones is 1. The lowest BCUT2D eigenvalue weighted by atomic mass is 9.96. The fourth-order valence-electron chi connectivity index (χ4n) is 5.16. The van der Waals surface area contributed by atoms with Gasteiger partial charge in [0.25, 0.3) is 0 Å². The van der Waals surface area contributed by atoms with E-state index >= 15 is 0 Å². The number of carbonyl (C=O) groups excluding carboxylic acids is 4. The van der Waals surface area contributed by atoms with Crippen LogP contribution in [0.2, 0.25) is 0 Å². The third-order valence-corrected chi connectivity index (χ3v) is 7.29. The number of piperidine rings is 2. The molecule has 0 aliphatic carbocycles. The molecule has 226 valence electrons. The Bertz CT molecular complexity index is 1110. The molecular formula is C30H44N4O7. The van der Waals surface area contributed by atoms with E-state index in [2.05, 4.69) is 0 Å². The molecule has 2 heterocycles. The number of nitrogens with one attached hydrogen (secondary N) is 1. The normalized spacial score (nSPS) is 19.7. The van der Waals surface area contributed by atoms with Gasteiger partial charge in [0.05, 0.1) is 6.10 Å². The van der Waals surface area contributed by atoms with E-state index in [4.69, 9.17) is 25.4 Å². The number of likely N-dealkylation sites (tertiary alicyclic amines) is 2. The number of hydrogen-bond acceptors (Lipinski definition) is 8. The quantitative estimate of drug-likeness (QED) is 0.149. The van der Waals surface area contributed by atoms with Gasteiger partial charge in [-0.25, -0.2) is 4.79 Å². The summed E-state index contributed by atoms with van der Waals surface area (Å²) in [6.45, 7) is 10.4. The molecule has 0 unspecified atom stereocenters. The number of nitrogens with two attached hydrogens (primary N) is 1. The van der Waals surface area contributed by atoms with Crippen molar-refractivity contribution in [3.63, 3.8) is 0 Å². The van der Waals surface area contributed by atoms with Crippen molar-refractivity contribution in [2.75, 3.05) is 26.2 Å². The number of nitrogens with zero attached hydrogens (tertiary/aromatic N) is 2. The maximum absolute atomic E-state index is 13.1. The van der Waals surface area contributed by atoms with Crippen molar-refractivity contribution in [2.24, 2.45) is 17.6 Å². The van der Waals surface area contributed by atoms with E-state index in [1.54, 1.807) is 41.0 Å². The van der Waals surface area contributed by atoms with Gasteiger partial charge in [-0.3, -0.25) is 19.8 Å². The minimum absolute atomic E-state index is 0.0689. The van der Waals surface area contributed by atoms with Crippen LogP contribution in [0.25, 0.3) is 0 Å². The predicted molar refractivity (Wildman–Crippen MR) is 152 cm³/mol. The van der Waals surface area contributed by atoms with Crippen LogP contribution in [0.1, 0.15) is 82.6 Å². The van der Waals surface area contributed by atoms with Gasteiger partial charge in [0, 0.05) is 62.5 Å². The number of amides is 2. The average molecular weight is 573 g/mol. The first-order valence-corrected chi connectivity index (χ1v) is 14.3. The van der Waals surface area contributed by atoms with Gasteiger partial charge in [-0.1, -0.05) is 31.2 Å². The van der Waals surface area contributed by atoms with E-state index < -0.39 is 29.9 Å². The van der Waals surface area contributed by atoms with Gasteiger partial charge in [0.1, 0.15) is 11.4 Å². The zero-order valence-electron chi connectivity index (χ0n) is 24.8. The number of nitrogen functional groups attached to an aromatic ring is 1. The topological polar surface area (TPSA) is 152 Å². The number of hydrogen-bond donors (Lipinski definition) is 2. The molecule has 1 aromatic rings. The van der Waals surface area contributed by atoms with E-state index in [9.17, 15) is 19.2 Å². The molecule has 1 aromatic carbocycles. The van der Waals surface area contributed by atoms with Crippen LogP contribution in [0.15, 0.2) is 24.3 Å². The number of carbonyl (C=O) groups is 4. The van der Waals surface area contributed by atoms with E-state index in [1.807, 2.05) is 20.8 Å². The van der Waals surface area contributed by atoms with Gasteiger partial charge >= 0.3 is 12.1 Å².